The zero-order chi connectivity index (χ0) is 21.8. The van der Waals surface area contributed by atoms with Crippen LogP contribution in [-0.2, 0) is 4.79 Å². The molecule has 0 bridgehead atoms. The van der Waals surface area contributed by atoms with Crippen LogP contribution in [0.25, 0.3) is 11.0 Å². The predicted octanol–water partition coefficient (Wildman–Crippen LogP) is 2.60. The van der Waals surface area contributed by atoms with Crippen molar-refractivity contribution in [2.45, 2.75) is 26.2 Å². The van der Waals surface area contributed by atoms with Gasteiger partial charge in [-0.25, -0.2) is 0 Å². The molecule has 2 aliphatic rings. The molecule has 2 atom stereocenters. The third-order valence-corrected chi connectivity index (χ3v) is 6.68. The minimum absolute atomic E-state index is 0.00128. The summed E-state index contributed by atoms with van der Waals surface area (Å²) in [6.07, 6.45) is 8.54. The molecule has 7 nitrogen and oxygen atoms in total. The lowest BCUT2D eigenvalue weighted by Gasteiger charge is -2.38. The summed E-state index contributed by atoms with van der Waals surface area (Å²) in [6.45, 7) is 6.93. The van der Waals surface area contributed by atoms with Gasteiger partial charge in [0.15, 0.2) is 0 Å². The number of nitrogens with zero attached hydrogens (tertiary/aromatic N) is 5. The van der Waals surface area contributed by atoms with Gasteiger partial charge in [0.2, 0.25) is 5.91 Å². The first kappa shape index (κ1) is 21.7. The van der Waals surface area contributed by atoms with Gasteiger partial charge in [0.25, 0.3) is 0 Å². The van der Waals surface area contributed by atoms with E-state index in [-0.39, 0.29) is 11.8 Å². The number of hydrogen-bond acceptors (Lipinski definition) is 6. The second kappa shape index (κ2) is 9.73. The lowest BCUT2D eigenvalue weighted by molar-refractivity contribution is -0.125. The van der Waals surface area contributed by atoms with Gasteiger partial charge in [-0.2, -0.15) is 0 Å². The molecule has 3 heterocycles. The number of hydrogen-bond donors (Lipinski definition) is 1. The predicted molar refractivity (Wildman–Crippen MR) is 126 cm³/mol. The Morgan fingerprint density at radius 2 is 1.94 bits per heavy atom. The Bertz CT molecular complexity index is 937. The highest BCUT2D eigenvalue weighted by molar-refractivity contribution is 6.01. The van der Waals surface area contributed by atoms with Crippen molar-refractivity contribution in [3.05, 3.63) is 30.1 Å². The molecule has 2 aliphatic heterocycles. The number of nitrogens with one attached hydrogen (secondary N) is 1. The molecule has 31 heavy (non-hydrogen) atoms. The van der Waals surface area contributed by atoms with Crippen LogP contribution in [0.4, 0.5) is 5.69 Å². The van der Waals surface area contributed by atoms with Crippen LogP contribution in [0.3, 0.4) is 0 Å². The van der Waals surface area contributed by atoms with Crippen molar-refractivity contribution in [3.63, 3.8) is 0 Å². The summed E-state index contributed by atoms with van der Waals surface area (Å²) in [5, 5.41) is 3.26. The van der Waals surface area contributed by atoms with Crippen molar-refractivity contribution >= 4 is 28.8 Å². The fourth-order valence-corrected chi connectivity index (χ4v) is 4.96. The smallest absolute Gasteiger partial charge is 0.224 e. The summed E-state index contributed by atoms with van der Waals surface area (Å²) < 4.78 is 0. The largest absolute Gasteiger partial charge is 0.369 e. The van der Waals surface area contributed by atoms with Crippen LogP contribution in [0, 0.1) is 17.8 Å². The second-order valence-corrected chi connectivity index (χ2v) is 9.25. The molecule has 0 aliphatic carbocycles. The highest BCUT2D eigenvalue weighted by Crippen LogP contribution is 2.31. The summed E-state index contributed by atoms with van der Waals surface area (Å²) in [6, 6.07) is 4.15. The Balaban J connectivity index is 1.48. The van der Waals surface area contributed by atoms with Crippen molar-refractivity contribution in [1.82, 2.24) is 20.2 Å². The van der Waals surface area contributed by atoms with Crippen molar-refractivity contribution < 1.29 is 4.79 Å². The van der Waals surface area contributed by atoms with E-state index < -0.39 is 0 Å². The molecule has 1 N–H and O–H groups in total. The van der Waals surface area contributed by atoms with Crippen LogP contribution < -0.4 is 10.2 Å². The van der Waals surface area contributed by atoms with Crippen LogP contribution >= 0.6 is 0 Å². The van der Waals surface area contributed by atoms with E-state index in [1.54, 1.807) is 19.4 Å². The number of amides is 1. The van der Waals surface area contributed by atoms with Gasteiger partial charge in [-0.15, -0.1) is 0 Å². The van der Waals surface area contributed by atoms with Gasteiger partial charge in [-0.3, -0.25) is 19.8 Å². The Labute approximate surface area is 185 Å². The van der Waals surface area contributed by atoms with E-state index in [0.29, 0.717) is 11.8 Å². The molecule has 2 saturated heterocycles. The average molecular weight is 423 g/mol. The van der Waals surface area contributed by atoms with E-state index >= 15 is 0 Å². The molecule has 0 spiro atoms. The highest BCUT2D eigenvalue weighted by Gasteiger charge is 2.31. The van der Waals surface area contributed by atoms with E-state index in [1.807, 2.05) is 12.3 Å². The van der Waals surface area contributed by atoms with Gasteiger partial charge < -0.3 is 15.1 Å². The molecule has 2 unspecified atom stereocenters. The third kappa shape index (κ3) is 5.03. The number of piperidine rings is 2. The molecular weight excluding hydrogens is 388 g/mol. The molecule has 4 rings (SSSR count). The Morgan fingerprint density at radius 3 is 2.68 bits per heavy atom. The molecular formula is C24H34N6O. The zero-order valence-electron chi connectivity index (χ0n) is 18.9. The van der Waals surface area contributed by atoms with E-state index in [9.17, 15) is 4.79 Å². The average Bonchev–Trinajstić information content (AvgIpc) is 2.78. The van der Waals surface area contributed by atoms with Crippen molar-refractivity contribution in [3.8, 4) is 0 Å². The number of aromatic nitrogens is 2. The van der Waals surface area contributed by atoms with Crippen LogP contribution in [-0.4, -0.2) is 73.8 Å². The molecule has 7 heteroatoms. The van der Waals surface area contributed by atoms with Crippen molar-refractivity contribution in [1.29, 1.82) is 0 Å². The minimum atomic E-state index is -0.00128. The van der Waals surface area contributed by atoms with Gasteiger partial charge in [0.1, 0.15) is 5.52 Å². The molecule has 2 fully saturated rings. The standard InChI is InChI=1S/C24H34N6O/c1-17-12-20(24(31)28-13-18-6-10-29(3)11-7-18)16-30(15-17)21-5-4-19(14-25-2)22-23(21)27-9-8-26-22/h4-5,8-9,14,17-18,20H,6-7,10-13,15-16H2,1-3H3,(H,28,31). The van der Waals surface area contributed by atoms with E-state index in [0.717, 1.165) is 61.4 Å². The number of carbonyl (C=O) groups is 1. The van der Waals surface area contributed by atoms with Crippen LogP contribution in [0.15, 0.2) is 29.5 Å². The molecule has 1 aromatic carbocycles. The Hall–Kier alpha value is -2.54. The number of anilines is 1. The normalized spacial score (nSPS) is 23.5. The first-order chi connectivity index (χ1) is 15.0. The van der Waals surface area contributed by atoms with Gasteiger partial charge in [-0.1, -0.05) is 6.92 Å². The fourth-order valence-electron chi connectivity index (χ4n) is 4.96. The first-order valence-corrected chi connectivity index (χ1v) is 11.4. The number of rotatable bonds is 5. The topological polar surface area (TPSA) is 73.7 Å². The molecule has 0 saturated carbocycles. The van der Waals surface area contributed by atoms with E-state index in [4.69, 9.17) is 0 Å². The maximum atomic E-state index is 13.0. The number of carbonyl (C=O) groups excluding carboxylic acids is 1. The van der Waals surface area contributed by atoms with Crippen molar-refractivity contribution in [2.75, 3.05) is 51.7 Å². The lowest BCUT2D eigenvalue weighted by Crippen LogP contribution is -2.47. The van der Waals surface area contributed by atoms with Gasteiger partial charge >= 0.3 is 0 Å². The molecule has 1 amide bonds. The number of likely N-dealkylation sites (tertiary alicyclic amines) is 1. The van der Waals surface area contributed by atoms with Crippen LogP contribution in [0.2, 0.25) is 0 Å². The number of aliphatic imine (C=N–C) groups is 1. The fraction of sp³-hybridized carbons (Fsp3) is 0.583. The Kier molecular flexibility index (Phi) is 6.80. The quantitative estimate of drug-likeness (QED) is 0.750. The van der Waals surface area contributed by atoms with Gasteiger partial charge in [-0.05, 0) is 63.4 Å². The summed E-state index contributed by atoms with van der Waals surface area (Å²) in [4.78, 5) is 31.0. The van der Waals surface area contributed by atoms with Crippen LogP contribution in [0.1, 0.15) is 31.7 Å². The monoisotopic (exact) mass is 422 g/mol. The maximum Gasteiger partial charge on any atom is 0.224 e. The van der Waals surface area contributed by atoms with E-state index in [2.05, 4.69) is 50.1 Å². The Morgan fingerprint density at radius 1 is 1.19 bits per heavy atom. The SMILES string of the molecule is CN=Cc1ccc(N2CC(C)CC(C(=O)NCC3CCN(C)CC3)C2)c2nccnc12. The highest BCUT2D eigenvalue weighted by atomic mass is 16.1. The maximum absolute atomic E-state index is 13.0. The zero-order valence-corrected chi connectivity index (χ0v) is 18.9. The first-order valence-electron chi connectivity index (χ1n) is 11.4. The summed E-state index contributed by atoms with van der Waals surface area (Å²) >= 11 is 0. The number of benzene rings is 1. The molecule has 2 aromatic rings. The summed E-state index contributed by atoms with van der Waals surface area (Å²) in [5.41, 5.74) is 3.74. The third-order valence-electron chi connectivity index (χ3n) is 6.68. The molecule has 1 aromatic heterocycles. The van der Waals surface area contributed by atoms with Gasteiger partial charge in [0.05, 0.1) is 17.1 Å². The van der Waals surface area contributed by atoms with E-state index in [1.165, 1.54) is 12.8 Å². The molecule has 166 valence electrons. The van der Waals surface area contributed by atoms with Crippen LogP contribution in [0.5, 0.6) is 0 Å². The number of fused-ring (bicyclic) bond motifs is 1. The minimum Gasteiger partial charge on any atom is -0.369 e. The summed E-state index contributed by atoms with van der Waals surface area (Å²) in [7, 11) is 3.93. The lowest BCUT2D eigenvalue weighted by atomic mass is 9.88. The van der Waals surface area contributed by atoms with Crippen molar-refractivity contribution in [2.24, 2.45) is 22.7 Å². The van der Waals surface area contributed by atoms with Gasteiger partial charge in [0, 0.05) is 50.9 Å². The molecule has 0 radical (unpaired) electrons. The second-order valence-electron chi connectivity index (χ2n) is 9.25. The summed E-state index contributed by atoms with van der Waals surface area (Å²) in [5.74, 6) is 1.24.